The van der Waals surface area contributed by atoms with Gasteiger partial charge in [0, 0.05) is 6.54 Å². The molecule has 2 heterocycles. The van der Waals surface area contributed by atoms with Crippen molar-refractivity contribution in [2.75, 3.05) is 0 Å². The highest BCUT2D eigenvalue weighted by molar-refractivity contribution is 6.28. The van der Waals surface area contributed by atoms with Gasteiger partial charge in [-0.1, -0.05) is 20.3 Å². The zero-order valence-electron chi connectivity index (χ0n) is 9.58. The van der Waals surface area contributed by atoms with E-state index >= 15 is 0 Å². The van der Waals surface area contributed by atoms with Crippen LogP contribution in [0.3, 0.4) is 0 Å². The molecule has 17 heavy (non-hydrogen) atoms. The van der Waals surface area contributed by atoms with Crippen LogP contribution in [0.15, 0.2) is 9.59 Å². The van der Waals surface area contributed by atoms with Crippen molar-refractivity contribution < 1.29 is 0 Å². The summed E-state index contributed by atoms with van der Waals surface area (Å²) in [5.41, 5.74) is -0.405. The molecule has 0 amide bonds. The Kier molecular flexibility index (Phi) is 3.06. The number of hydrogen-bond acceptors (Lipinski definition) is 3. The second kappa shape index (κ2) is 4.37. The molecule has 0 aliphatic carbocycles. The topological polar surface area (TPSA) is 83.5 Å². The molecule has 2 N–H and O–H groups in total. The first-order chi connectivity index (χ1) is 8.02. The molecule has 1 atom stereocenters. The molecule has 1 unspecified atom stereocenters. The van der Waals surface area contributed by atoms with Crippen molar-refractivity contribution >= 4 is 22.8 Å². The maximum absolute atomic E-state index is 11.7. The highest BCUT2D eigenvalue weighted by atomic mass is 35.5. The number of aromatic nitrogens is 4. The number of imidazole rings is 1. The van der Waals surface area contributed by atoms with Crippen LogP contribution in [0.1, 0.15) is 20.3 Å². The molecule has 92 valence electrons. The van der Waals surface area contributed by atoms with Gasteiger partial charge in [0.05, 0.1) is 0 Å². The Morgan fingerprint density at radius 3 is 2.76 bits per heavy atom. The smallest absolute Gasteiger partial charge is 0.323 e. The third-order valence-corrected chi connectivity index (χ3v) is 2.97. The Morgan fingerprint density at radius 2 is 2.12 bits per heavy atom. The van der Waals surface area contributed by atoms with E-state index in [1.807, 2.05) is 13.8 Å². The molecule has 0 bridgehead atoms. The number of halogens is 1. The lowest BCUT2D eigenvalue weighted by Gasteiger charge is -2.10. The predicted octanol–water partition coefficient (Wildman–Crippen LogP) is 1.11. The van der Waals surface area contributed by atoms with Gasteiger partial charge in [-0.05, 0) is 17.5 Å². The maximum Gasteiger partial charge on any atom is 0.330 e. The second-order valence-corrected chi connectivity index (χ2v) is 4.47. The first-order valence-electron chi connectivity index (χ1n) is 5.41. The van der Waals surface area contributed by atoms with E-state index in [-0.39, 0.29) is 10.8 Å². The minimum Gasteiger partial charge on any atom is -0.323 e. The van der Waals surface area contributed by atoms with E-state index in [9.17, 15) is 9.59 Å². The molecule has 0 radical (unpaired) electrons. The zero-order valence-corrected chi connectivity index (χ0v) is 10.3. The van der Waals surface area contributed by atoms with Crippen molar-refractivity contribution in [2.24, 2.45) is 5.92 Å². The van der Waals surface area contributed by atoms with Crippen molar-refractivity contribution in [2.45, 2.75) is 26.8 Å². The fourth-order valence-corrected chi connectivity index (χ4v) is 1.80. The molecule has 0 fully saturated rings. The molecule has 0 aliphatic heterocycles. The van der Waals surface area contributed by atoms with E-state index in [0.29, 0.717) is 18.1 Å². The summed E-state index contributed by atoms with van der Waals surface area (Å²) in [6, 6.07) is 0. The van der Waals surface area contributed by atoms with E-state index in [2.05, 4.69) is 15.0 Å². The molecule has 2 rings (SSSR count). The van der Waals surface area contributed by atoms with Gasteiger partial charge in [0.2, 0.25) is 5.28 Å². The van der Waals surface area contributed by atoms with Crippen LogP contribution in [0, 0.1) is 5.92 Å². The number of hydrogen-bond donors (Lipinski definition) is 2. The van der Waals surface area contributed by atoms with Crippen LogP contribution in [-0.2, 0) is 6.54 Å². The van der Waals surface area contributed by atoms with Gasteiger partial charge in [-0.15, -0.1) is 0 Å². The van der Waals surface area contributed by atoms with Gasteiger partial charge in [-0.25, -0.2) is 4.79 Å². The first kappa shape index (κ1) is 11.9. The average Bonchev–Trinajstić information content (AvgIpc) is 2.66. The number of H-pyrrole nitrogens is 2. The minimum absolute atomic E-state index is 0.106. The van der Waals surface area contributed by atoms with Gasteiger partial charge in [0.25, 0.3) is 5.56 Å². The fourth-order valence-electron chi connectivity index (χ4n) is 1.62. The molecule has 2 aromatic heterocycles. The number of fused-ring (bicyclic) bond motifs is 1. The lowest BCUT2D eigenvalue weighted by atomic mass is 10.1. The number of nitrogens with zero attached hydrogens (tertiary/aromatic N) is 2. The zero-order chi connectivity index (χ0) is 12.6. The first-order valence-corrected chi connectivity index (χ1v) is 5.79. The molecule has 0 aromatic carbocycles. The highest BCUT2D eigenvalue weighted by Gasteiger charge is 2.13. The number of rotatable bonds is 3. The molecule has 2 aromatic rings. The summed E-state index contributed by atoms with van der Waals surface area (Å²) in [4.78, 5) is 32.1. The summed E-state index contributed by atoms with van der Waals surface area (Å²) in [5, 5.41) is 0.106. The molecular weight excluding hydrogens is 244 g/mol. The SMILES string of the molecule is CCC(C)Cn1c(=O)[nH]c(=O)c2[nH]c(Cl)nc21. The van der Waals surface area contributed by atoms with E-state index < -0.39 is 11.2 Å². The van der Waals surface area contributed by atoms with Crippen molar-refractivity contribution in [1.82, 2.24) is 19.5 Å². The van der Waals surface area contributed by atoms with Crippen molar-refractivity contribution in [1.29, 1.82) is 0 Å². The monoisotopic (exact) mass is 256 g/mol. The Bertz CT molecular complexity index is 654. The normalized spacial score (nSPS) is 13.1. The van der Waals surface area contributed by atoms with Crippen LogP contribution in [0.2, 0.25) is 5.28 Å². The van der Waals surface area contributed by atoms with Crippen molar-refractivity contribution in [3.8, 4) is 0 Å². The summed E-state index contributed by atoms with van der Waals surface area (Å²) < 4.78 is 1.44. The highest BCUT2D eigenvalue weighted by Crippen LogP contribution is 2.11. The standard InChI is InChI=1S/C10H13ClN4O2/c1-3-5(2)4-15-7-6(12-9(11)13-7)8(16)14-10(15)17/h5H,3-4H2,1-2H3,(H,12,13)(H,14,16,17). The van der Waals surface area contributed by atoms with Gasteiger partial charge in [-0.3, -0.25) is 14.3 Å². The quantitative estimate of drug-likeness (QED) is 0.807. The van der Waals surface area contributed by atoms with Gasteiger partial charge < -0.3 is 4.98 Å². The van der Waals surface area contributed by atoms with Gasteiger partial charge in [0.1, 0.15) is 0 Å². The third-order valence-electron chi connectivity index (χ3n) is 2.80. The minimum atomic E-state index is -0.496. The molecule has 0 saturated carbocycles. The Hall–Kier alpha value is -1.56. The summed E-state index contributed by atoms with van der Waals surface area (Å²) >= 11 is 5.71. The van der Waals surface area contributed by atoms with Crippen molar-refractivity contribution in [3.05, 3.63) is 26.1 Å². The molecule has 0 spiro atoms. The maximum atomic E-state index is 11.7. The van der Waals surface area contributed by atoms with Crippen LogP contribution in [-0.4, -0.2) is 19.5 Å². The molecular formula is C10H13ClN4O2. The molecule has 7 heteroatoms. The fraction of sp³-hybridized carbons (Fsp3) is 0.500. The van der Waals surface area contributed by atoms with Crippen LogP contribution in [0.5, 0.6) is 0 Å². The van der Waals surface area contributed by atoms with Crippen LogP contribution >= 0.6 is 11.6 Å². The molecule has 6 nitrogen and oxygen atoms in total. The van der Waals surface area contributed by atoms with Gasteiger partial charge in [0.15, 0.2) is 11.2 Å². The average molecular weight is 257 g/mol. The predicted molar refractivity (Wildman–Crippen MR) is 65.4 cm³/mol. The Morgan fingerprint density at radius 1 is 1.41 bits per heavy atom. The Balaban J connectivity index is 2.69. The van der Waals surface area contributed by atoms with Crippen LogP contribution in [0.25, 0.3) is 11.2 Å². The summed E-state index contributed by atoms with van der Waals surface area (Å²) in [6.07, 6.45) is 0.936. The third kappa shape index (κ3) is 2.12. The Labute approximate surface area is 102 Å². The largest absolute Gasteiger partial charge is 0.330 e. The summed E-state index contributed by atoms with van der Waals surface area (Å²) in [7, 11) is 0. The van der Waals surface area contributed by atoms with E-state index in [4.69, 9.17) is 11.6 Å². The van der Waals surface area contributed by atoms with Crippen LogP contribution < -0.4 is 11.2 Å². The number of nitrogens with one attached hydrogen (secondary N) is 2. The summed E-state index contributed by atoms with van der Waals surface area (Å²) in [5.74, 6) is 0.317. The summed E-state index contributed by atoms with van der Waals surface area (Å²) in [6.45, 7) is 4.57. The second-order valence-electron chi connectivity index (χ2n) is 4.11. The van der Waals surface area contributed by atoms with E-state index in [1.54, 1.807) is 0 Å². The van der Waals surface area contributed by atoms with Crippen molar-refractivity contribution in [3.63, 3.8) is 0 Å². The number of aromatic amines is 2. The van der Waals surface area contributed by atoms with Crippen LogP contribution in [0.4, 0.5) is 0 Å². The lowest BCUT2D eigenvalue weighted by Crippen LogP contribution is -2.31. The molecule has 0 aliphatic rings. The van der Waals surface area contributed by atoms with Gasteiger partial charge >= 0.3 is 5.69 Å². The van der Waals surface area contributed by atoms with Gasteiger partial charge in [-0.2, -0.15) is 4.98 Å². The molecule has 0 saturated heterocycles. The lowest BCUT2D eigenvalue weighted by molar-refractivity contribution is 0.462. The van der Waals surface area contributed by atoms with E-state index in [0.717, 1.165) is 6.42 Å². The van der Waals surface area contributed by atoms with E-state index in [1.165, 1.54) is 4.57 Å².